The van der Waals surface area contributed by atoms with Crippen molar-refractivity contribution in [3.8, 4) is 0 Å². The van der Waals surface area contributed by atoms with Crippen molar-refractivity contribution in [1.82, 2.24) is 0 Å². The molecule has 118 valence electrons. The summed E-state index contributed by atoms with van der Waals surface area (Å²) >= 11 is 1.55. The molecule has 0 saturated carbocycles. The van der Waals surface area contributed by atoms with E-state index < -0.39 is 10.4 Å². The lowest BCUT2D eigenvalue weighted by Gasteiger charge is -2.33. The highest BCUT2D eigenvalue weighted by Crippen LogP contribution is 2.64. The van der Waals surface area contributed by atoms with Gasteiger partial charge in [-0.1, -0.05) is 55.9 Å². The van der Waals surface area contributed by atoms with E-state index in [1.807, 2.05) is 68.4 Å². The van der Waals surface area contributed by atoms with Crippen LogP contribution in [-0.2, 0) is 9.59 Å². The Morgan fingerprint density at radius 3 is 2.04 bits per heavy atom. The molecule has 0 radical (unpaired) electrons. The first-order valence-corrected chi connectivity index (χ1v) is 9.39. The summed E-state index contributed by atoms with van der Waals surface area (Å²) < 4.78 is 7.91. The van der Waals surface area contributed by atoms with Crippen molar-refractivity contribution in [2.45, 2.75) is 33.8 Å². The van der Waals surface area contributed by atoms with Crippen molar-refractivity contribution in [3.05, 3.63) is 54.6 Å². The molecule has 0 aliphatic rings. The van der Waals surface area contributed by atoms with E-state index in [9.17, 15) is 9.59 Å². The zero-order chi connectivity index (χ0) is 16.7. The molecule has 0 heterocycles. The third kappa shape index (κ3) is 3.81. The summed E-state index contributed by atoms with van der Waals surface area (Å²) in [6.07, 6.45) is 3.19. The summed E-state index contributed by atoms with van der Waals surface area (Å²) in [5, 5.41) is -0.122. The molecule has 0 aliphatic carbocycles. The lowest BCUT2D eigenvalue weighted by atomic mass is 10.4. The summed E-state index contributed by atoms with van der Waals surface area (Å²) in [7, 11) is -2.36. The molecule has 2 rings (SSSR count). The minimum absolute atomic E-state index is 0.122. The quantitative estimate of drug-likeness (QED) is 0.552. The van der Waals surface area contributed by atoms with Crippen molar-refractivity contribution >= 4 is 34.3 Å². The fraction of sp³-hybridized carbons (Fsp3) is 0.176. The lowest BCUT2D eigenvalue weighted by molar-refractivity contribution is 0.566. The highest BCUT2D eigenvalue weighted by Gasteiger charge is 2.32. The Morgan fingerprint density at radius 2 is 1.48 bits per heavy atom. The second-order valence-electron chi connectivity index (χ2n) is 4.87. The van der Waals surface area contributed by atoms with Gasteiger partial charge in [-0.05, 0) is 24.3 Å². The Hall–Kier alpha value is -2.10. The molecule has 4 nitrogen and oxygen atoms in total. The maximum Gasteiger partial charge on any atom is 0.247 e. The molecule has 2 aromatic rings. The average Bonchev–Trinajstić information content (AvgIpc) is 2.56. The summed E-state index contributed by atoms with van der Waals surface area (Å²) in [5.41, 5.74) is 0. The van der Waals surface area contributed by atoms with E-state index in [1.165, 1.54) is 0 Å². The van der Waals surface area contributed by atoms with Gasteiger partial charge >= 0.3 is 0 Å². The van der Waals surface area contributed by atoms with Gasteiger partial charge in [0, 0.05) is 30.3 Å². The van der Waals surface area contributed by atoms with E-state index in [1.54, 1.807) is 23.9 Å². The highest BCUT2D eigenvalue weighted by molar-refractivity contribution is 8.32. The number of hydrogen-bond acceptors (Lipinski definition) is 5. The monoisotopic (exact) mass is 344 g/mol. The van der Waals surface area contributed by atoms with Crippen LogP contribution in [-0.4, -0.2) is 17.4 Å². The molecular formula is C17H16N2O2S2. The van der Waals surface area contributed by atoms with Crippen LogP contribution in [0.25, 0.3) is 0 Å². The first kappa shape index (κ1) is 17.3. The predicted octanol–water partition coefficient (Wildman–Crippen LogP) is 4.91. The molecule has 23 heavy (non-hydrogen) atoms. The lowest BCUT2D eigenvalue weighted by Crippen LogP contribution is -2.09. The normalized spacial score (nSPS) is 14.2. The third-order valence-electron chi connectivity index (χ3n) is 3.15. The van der Waals surface area contributed by atoms with Crippen molar-refractivity contribution in [2.24, 2.45) is 8.80 Å². The van der Waals surface area contributed by atoms with Gasteiger partial charge in [0.05, 0.1) is 0 Å². The first-order valence-electron chi connectivity index (χ1n) is 6.96. The van der Waals surface area contributed by atoms with Gasteiger partial charge in [0.2, 0.25) is 12.2 Å². The van der Waals surface area contributed by atoms with E-state index in [0.29, 0.717) is 0 Å². The van der Waals surface area contributed by atoms with Crippen LogP contribution in [0.4, 0.5) is 0 Å². The van der Waals surface area contributed by atoms with E-state index in [-0.39, 0.29) is 5.25 Å². The topological polar surface area (TPSA) is 58.9 Å². The molecule has 0 spiro atoms. The summed E-state index contributed by atoms with van der Waals surface area (Å²) in [6, 6.07) is 17.4. The third-order valence-corrected chi connectivity index (χ3v) is 7.39. The minimum atomic E-state index is -2.36. The van der Waals surface area contributed by atoms with E-state index in [0.717, 1.165) is 14.7 Å². The number of carbonyl (C=O) groups excluding carboxylic acids is 2. The molecule has 0 amide bonds. The highest BCUT2D eigenvalue weighted by atomic mass is 32.3. The van der Waals surface area contributed by atoms with Crippen LogP contribution in [0.5, 0.6) is 0 Å². The second-order valence-corrected chi connectivity index (χ2v) is 8.92. The van der Waals surface area contributed by atoms with Gasteiger partial charge in [-0.25, -0.2) is 9.59 Å². The van der Waals surface area contributed by atoms with Crippen molar-refractivity contribution < 1.29 is 9.59 Å². The van der Waals surface area contributed by atoms with Crippen LogP contribution < -0.4 is 0 Å². The maximum atomic E-state index is 11.0. The fourth-order valence-electron chi connectivity index (χ4n) is 2.10. The predicted molar refractivity (Wildman–Crippen MR) is 94.2 cm³/mol. The number of rotatable bonds is 6. The van der Waals surface area contributed by atoms with Crippen LogP contribution in [0.3, 0.4) is 0 Å². The first-order chi connectivity index (χ1) is 11.1. The van der Waals surface area contributed by atoms with Crippen LogP contribution in [0.15, 0.2) is 78.1 Å². The van der Waals surface area contributed by atoms with Crippen molar-refractivity contribution in [1.29, 1.82) is 0 Å². The summed E-state index contributed by atoms with van der Waals surface area (Å²) in [6.45, 7) is 3.78. The van der Waals surface area contributed by atoms with Crippen LogP contribution >= 0.6 is 22.2 Å². The zero-order valence-corrected chi connectivity index (χ0v) is 14.4. The molecule has 0 aliphatic heterocycles. The van der Waals surface area contributed by atoms with Gasteiger partial charge in [0.1, 0.15) is 0 Å². The van der Waals surface area contributed by atoms with Crippen LogP contribution in [0, 0.1) is 0 Å². The second kappa shape index (κ2) is 7.95. The van der Waals surface area contributed by atoms with Crippen LogP contribution in [0.2, 0.25) is 0 Å². The van der Waals surface area contributed by atoms with E-state index in [2.05, 4.69) is 8.80 Å². The molecule has 6 heteroatoms. The molecule has 0 bridgehead atoms. The fourth-order valence-corrected chi connectivity index (χ4v) is 5.49. The van der Waals surface area contributed by atoms with Crippen molar-refractivity contribution in [3.63, 3.8) is 0 Å². The van der Waals surface area contributed by atoms with Gasteiger partial charge < -0.3 is 0 Å². The molecule has 0 atom stereocenters. The van der Waals surface area contributed by atoms with Gasteiger partial charge in [0.15, 0.2) is 0 Å². The SMILES string of the molecule is CC(C)S(N=C=O)(N=C=O)c1ccccc1Sc1ccccc1. The molecular weight excluding hydrogens is 328 g/mol. The number of hydrogen-bond donors (Lipinski definition) is 0. The zero-order valence-electron chi connectivity index (χ0n) is 12.8. The van der Waals surface area contributed by atoms with E-state index in [4.69, 9.17) is 0 Å². The van der Waals surface area contributed by atoms with Gasteiger partial charge in [0.25, 0.3) is 0 Å². The van der Waals surface area contributed by atoms with Gasteiger partial charge in [-0.2, -0.15) is 0 Å². The molecule has 0 aromatic heterocycles. The standard InChI is InChI=1S/C17H16N2O2S2/c1-14(2)23(18-12-20,19-13-21)17-11-7-6-10-16(17)22-15-8-4-3-5-9-15/h3-11,14H,1-2H3. The van der Waals surface area contributed by atoms with Crippen LogP contribution in [0.1, 0.15) is 13.8 Å². The number of isocyanates is 2. The number of nitrogens with zero attached hydrogens (tertiary/aromatic N) is 2. The van der Waals surface area contributed by atoms with Gasteiger partial charge in [-0.3, -0.25) is 0 Å². The Bertz CT molecular complexity index is 747. The summed E-state index contributed by atoms with van der Waals surface area (Å²) in [5.74, 6) is 0. The van der Waals surface area contributed by atoms with Gasteiger partial charge in [-0.15, -0.1) is 8.80 Å². The largest absolute Gasteiger partial charge is 0.247 e. The van der Waals surface area contributed by atoms with E-state index >= 15 is 0 Å². The molecule has 2 aromatic carbocycles. The number of benzene rings is 2. The molecule has 0 fully saturated rings. The minimum Gasteiger partial charge on any atom is -0.210 e. The average molecular weight is 344 g/mol. The van der Waals surface area contributed by atoms with Crippen molar-refractivity contribution in [2.75, 3.05) is 0 Å². The molecule has 0 saturated heterocycles. The molecule has 0 unspecified atom stereocenters. The Balaban J connectivity index is 2.61. The Kier molecular flexibility index (Phi) is 5.97. The Labute approximate surface area is 141 Å². The molecule has 0 N–H and O–H groups in total. The maximum absolute atomic E-state index is 11.0. The smallest absolute Gasteiger partial charge is 0.210 e. The Morgan fingerprint density at radius 1 is 0.913 bits per heavy atom. The summed E-state index contributed by atoms with van der Waals surface area (Å²) in [4.78, 5) is 24.7.